The molecule has 2 amide bonds. The third-order valence-electron chi connectivity index (χ3n) is 4.19. The van der Waals surface area contributed by atoms with Gasteiger partial charge in [-0.1, -0.05) is 30.3 Å². The molecule has 0 aliphatic carbocycles. The van der Waals surface area contributed by atoms with Crippen molar-refractivity contribution in [1.29, 1.82) is 5.26 Å². The Morgan fingerprint density at radius 1 is 1.08 bits per heavy atom. The summed E-state index contributed by atoms with van der Waals surface area (Å²) in [6.07, 6.45) is 0. The third-order valence-corrected chi connectivity index (χ3v) is 4.19. The smallest absolute Gasteiger partial charge is 0.255 e. The molecule has 1 heterocycles. The molecule has 120 valence electrons. The number of carbonyl (C=O) groups is 2. The minimum atomic E-state index is -0.273. The average molecular weight is 319 g/mol. The van der Waals surface area contributed by atoms with Gasteiger partial charge < -0.3 is 9.80 Å². The van der Waals surface area contributed by atoms with Gasteiger partial charge in [-0.05, 0) is 30.7 Å². The fourth-order valence-electron chi connectivity index (χ4n) is 2.90. The van der Waals surface area contributed by atoms with E-state index < -0.39 is 0 Å². The van der Waals surface area contributed by atoms with Crippen LogP contribution in [0.2, 0.25) is 0 Å². The second-order valence-electron chi connectivity index (χ2n) is 5.72. The summed E-state index contributed by atoms with van der Waals surface area (Å²) in [5.74, 6) is -0.386. The van der Waals surface area contributed by atoms with Crippen molar-refractivity contribution < 1.29 is 9.59 Å². The summed E-state index contributed by atoms with van der Waals surface area (Å²) in [6, 6.07) is 16.4. The molecule has 0 atom stereocenters. The number of rotatable bonds is 2. The van der Waals surface area contributed by atoms with Gasteiger partial charge in [0.2, 0.25) is 5.91 Å². The van der Waals surface area contributed by atoms with Gasteiger partial charge >= 0.3 is 0 Å². The summed E-state index contributed by atoms with van der Waals surface area (Å²) in [5.41, 5.74) is 2.58. The molecule has 0 radical (unpaired) electrons. The zero-order chi connectivity index (χ0) is 17.1. The first-order valence-corrected chi connectivity index (χ1v) is 7.76. The van der Waals surface area contributed by atoms with Gasteiger partial charge in [0.1, 0.15) is 6.54 Å². The fraction of sp³-hybridized carbons (Fsp3) is 0.211. The molecule has 5 heteroatoms. The van der Waals surface area contributed by atoms with Gasteiger partial charge in [-0.15, -0.1) is 0 Å². The number of anilines is 1. The summed E-state index contributed by atoms with van der Waals surface area (Å²) in [6.45, 7) is 2.87. The number of amides is 2. The van der Waals surface area contributed by atoms with Crippen molar-refractivity contribution >= 4 is 17.5 Å². The number of carbonyl (C=O) groups excluding carboxylic acids is 2. The number of nitriles is 1. The number of hydrogen-bond acceptors (Lipinski definition) is 3. The Balaban J connectivity index is 1.79. The van der Waals surface area contributed by atoms with E-state index in [1.54, 1.807) is 29.2 Å². The quantitative estimate of drug-likeness (QED) is 0.853. The van der Waals surface area contributed by atoms with E-state index in [1.807, 2.05) is 37.3 Å². The maximum atomic E-state index is 12.6. The predicted molar refractivity (Wildman–Crippen MR) is 90.6 cm³/mol. The zero-order valence-corrected chi connectivity index (χ0v) is 13.4. The highest BCUT2D eigenvalue weighted by molar-refractivity contribution is 6.02. The van der Waals surface area contributed by atoms with Crippen LogP contribution in [0.4, 0.5) is 5.69 Å². The van der Waals surface area contributed by atoms with Crippen molar-refractivity contribution in [2.24, 2.45) is 0 Å². The Morgan fingerprint density at radius 3 is 2.50 bits per heavy atom. The lowest BCUT2D eigenvalue weighted by atomic mass is 10.1. The second-order valence-corrected chi connectivity index (χ2v) is 5.72. The number of benzene rings is 2. The first kappa shape index (κ1) is 15.8. The van der Waals surface area contributed by atoms with E-state index in [9.17, 15) is 9.59 Å². The van der Waals surface area contributed by atoms with E-state index in [-0.39, 0.29) is 18.4 Å². The second kappa shape index (κ2) is 6.55. The Hall–Kier alpha value is -3.13. The summed E-state index contributed by atoms with van der Waals surface area (Å²) in [7, 11) is 0. The normalized spacial score (nSPS) is 14.4. The number of aryl methyl sites for hydroxylation is 1. The van der Waals surface area contributed by atoms with Gasteiger partial charge in [0.05, 0.1) is 17.2 Å². The molecule has 0 unspecified atom stereocenters. The van der Waals surface area contributed by atoms with Crippen LogP contribution in [-0.4, -0.2) is 36.3 Å². The van der Waals surface area contributed by atoms with Crippen molar-refractivity contribution in [3.05, 3.63) is 65.2 Å². The first-order valence-electron chi connectivity index (χ1n) is 7.76. The predicted octanol–water partition coefficient (Wildman–Crippen LogP) is 2.36. The molecule has 1 aliphatic heterocycles. The highest BCUT2D eigenvalue weighted by atomic mass is 16.2. The molecule has 24 heavy (non-hydrogen) atoms. The molecule has 1 aliphatic rings. The molecule has 5 nitrogen and oxygen atoms in total. The minimum Gasteiger partial charge on any atom is -0.327 e. The topological polar surface area (TPSA) is 64.4 Å². The van der Waals surface area contributed by atoms with Gasteiger partial charge in [0.15, 0.2) is 0 Å². The lowest BCUT2D eigenvalue weighted by Gasteiger charge is -2.35. The highest BCUT2D eigenvalue weighted by Gasteiger charge is 2.29. The molecule has 2 aromatic rings. The average Bonchev–Trinajstić information content (AvgIpc) is 2.62. The van der Waals surface area contributed by atoms with Crippen LogP contribution in [0.25, 0.3) is 0 Å². The van der Waals surface area contributed by atoms with E-state index >= 15 is 0 Å². The Labute approximate surface area is 140 Å². The van der Waals surface area contributed by atoms with Gasteiger partial charge in [0, 0.05) is 18.8 Å². The maximum Gasteiger partial charge on any atom is 0.255 e. The van der Waals surface area contributed by atoms with E-state index in [4.69, 9.17) is 5.26 Å². The SMILES string of the molecule is Cc1ccccc1N1CCN(C(=O)c2ccccc2C#N)CC1=O. The van der Waals surface area contributed by atoms with Gasteiger partial charge in [-0.25, -0.2) is 0 Å². The van der Waals surface area contributed by atoms with Crippen molar-refractivity contribution in [3.8, 4) is 6.07 Å². The van der Waals surface area contributed by atoms with Crippen LogP contribution in [0, 0.1) is 18.3 Å². The molecule has 0 aromatic heterocycles. The molecular weight excluding hydrogens is 302 g/mol. The van der Waals surface area contributed by atoms with Crippen molar-refractivity contribution in [1.82, 2.24) is 4.90 Å². The molecule has 0 N–H and O–H groups in total. The van der Waals surface area contributed by atoms with E-state index in [2.05, 4.69) is 0 Å². The summed E-state index contributed by atoms with van der Waals surface area (Å²) < 4.78 is 0. The lowest BCUT2D eigenvalue weighted by Crippen LogP contribution is -2.52. The molecule has 3 rings (SSSR count). The maximum absolute atomic E-state index is 12.6. The first-order chi connectivity index (χ1) is 11.6. The van der Waals surface area contributed by atoms with Crippen molar-refractivity contribution in [2.45, 2.75) is 6.92 Å². The van der Waals surface area contributed by atoms with Gasteiger partial charge in [0.25, 0.3) is 5.91 Å². The number of piperazine rings is 1. The minimum absolute atomic E-state index is 0.0208. The van der Waals surface area contributed by atoms with Crippen LogP contribution in [0.3, 0.4) is 0 Å². The molecule has 0 spiro atoms. The van der Waals surface area contributed by atoms with E-state index in [0.29, 0.717) is 24.2 Å². The highest BCUT2D eigenvalue weighted by Crippen LogP contribution is 2.22. The van der Waals surface area contributed by atoms with Gasteiger partial charge in [-0.3, -0.25) is 9.59 Å². The Kier molecular flexibility index (Phi) is 4.30. The summed E-state index contributed by atoms with van der Waals surface area (Å²) in [5, 5.41) is 9.14. The largest absolute Gasteiger partial charge is 0.327 e. The number of nitrogens with zero attached hydrogens (tertiary/aromatic N) is 3. The van der Waals surface area contributed by atoms with Crippen LogP contribution < -0.4 is 4.90 Å². The van der Waals surface area contributed by atoms with Crippen LogP contribution in [-0.2, 0) is 4.79 Å². The summed E-state index contributed by atoms with van der Waals surface area (Å²) in [4.78, 5) is 28.4. The molecule has 1 fully saturated rings. The van der Waals surface area contributed by atoms with E-state index in [0.717, 1.165) is 11.3 Å². The van der Waals surface area contributed by atoms with E-state index in [1.165, 1.54) is 4.90 Å². The van der Waals surface area contributed by atoms with Crippen LogP contribution in [0.15, 0.2) is 48.5 Å². The standard InChI is InChI=1S/C19H17N3O2/c1-14-6-2-5-9-17(14)22-11-10-21(13-18(22)23)19(24)16-8-4-3-7-15(16)12-20/h2-9H,10-11,13H2,1H3. The molecule has 1 saturated heterocycles. The molecular formula is C19H17N3O2. The van der Waals surface area contributed by atoms with Crippen LogP contribution in [0.1, 0.15) is 21.5 Å². The zero-order valence-electron chi connectivity index (χ0n) is 13.4. The molecule has 0 bridgehead atoms. The Bertz CT molecular complexity index is 839. The summed E-state index contributed by atoms with van der Waals surface area (Å²) >= 11 is 0. The lowest BCUT2D eigenvalue weighted by molar-refractivity contribution is -0.120. The van der Waals surface area contributed by atoms with Crippen molar-refractivity contribution in [3.63, 3.8) is 0 Å². The Morgan fingerprint density at radius 2 is 1.79 bits per heavy atom. The monoisotopic (exact) mass is 319 g/mol. The van der Waals surface area contributed by atoms with Crippen molar-refractivity contribution in [2.75, 3.05) is 24.5 Å². The molecule has 2 aromatic carbocycles. The molecule has 0 saturated carbocycles. The van der Waals surface area contributed by atoms with Gasteiger partial charge in [-0.2, -0.15) is 5.26 Å². The van der Waals surface area contributed by atoms with Crippen LogP contribution >= 0.6 is 0 Å². The number of hydrogen-bond donors (Lipinski definition) is 0. The third kappa shape index (κ3) is 2.86. The number of para-hydroxylation sites is 1. The van der Waals surface area contributed by atoms with Crippen LogP contribution in [0.5, 0.6) is 0 Å². The fourth-order valence-corrected chi connectivity index (χ4v) is 2.90.